The van der Waals surface area contributed by atoms with E-state index in [0.29, 0.717) is 11.4 Å². The zero-order valence-corrected chi connectivity index (χ0v) is 15.1. The second-order valence-corrected chi connectivity index (χ2v) is 6.41. The minimum atomic E-state index is -0.268. The van der Waals surface area contributed by atoms with Crippen LogP contribution in [0, 0.1) is 18.7 Å². The van der Waals surface area contributed by atoms with Crippen molar-refractivity contribution in [1.29, 1.82) is 0 Å². The van der Waals surface area contributed by atoms with Crippen molar-refractivity contribution in [2.75, 3.05) is 19.0 Å². The van der Waals surface area contributed by atoms with Gasteiger partial charge in [0.05, 0.1) is 19.3 Å². The average molecular weight is 344 g/mol. The number of hydrogen-bond donors (Lipinski definition) is 2. The molecule has 2 aromatic rings. The molecule has 0 saturated carbocycles. The number of carbonyl (C=O) groups is 1. The molecule has 1 atom stereocenters. The topological polar surface area (TPSA) is 50.4 Å². The lowest BCUT2D eigenvalue weighted by Crippen LogP contribution is -2.33. The summed E-state index contributed by atoms with van der Waals surface area (Å²) in [6.45, 7) is 6.22. The van der Waals surface area contributed by atoms with E-state index in [1.165, 1.54) is 12.1 Å². The predicted molar refractivity (Wildman–Crippen MR) is 98.3 cm³/mol. The number of ether oxygens (including phenoxy) is 1. The minimum absolute atomic E-state index is 0.0363. The Morgan fingerprint density at radius 1 is 1.16 bits per heavy atom. The third-order valence-corrected chi connectivity index (χ3v) is 4.01. The average Bonchev–Trinajstić information content (AvgIpc) is 2.56. The maximum atomic E-state index is 13.1. The van der Waals surface area contributed by atoms with Crippen molar-refractivity contribution in [3.8, 4) is 5.75 Å². The van der Waals surface area contributed by atoms with E-state index in [4.69, 9.17) is 4.74 Å². The van der Waals surface area contributed by atoms with E-state index in [1.54, 1.807) is 19.2 Å². The summed E-state index contributed by atoms with van der Waals surface area (Å²) in [5, 5.41) is 6.12. The van der Waals surface area contributed by atoms with Crippen molar-refractivity contribution in [1.82, 2.24) is 5.32 Å². The molecule has 0 radical (unpaired) electrons. The molecule has 25 heavy (non-hydrogen) atoms. The van der Waals surface area contributed by atoms with Crippen LogP contribution < -0.4 is 15.4 Å². The fourth-order valence-electron chi connectivity index (χ4n) is 2.73. The smallest absolute Gasteiger partial charge is 0.238 e. The van der Waals surface area contributed by atoms with Crippen molar-refractivity contribution in [2.24, 2.45) is 5.92 Å². The Balaban J connectivity index is 2.02. The molecule has 0 bridgehead atoms. The van der Waals surface area contributed by atoms with Crippen LogP contribution in [0.5, 0.6) is 5.75 Å². The van der Waals surface area contributed by atoms with Gasteiger partial charge >= 0.3 is 0 Å². The van der Waals surface area contributed by atoms with Gasteiger partial charge < -0.3 is 15.4 Å². The normalized spacial score (nSPS) is 12.1. The lowest BCUT2D eigenvalue weighted by molar-refractivity contribution is -0.115. The van der Waals surface area contributed by atoms with Crippen LogP contribution in [0.4, 0.5) is 10.1 Å². The Labute approximate surface area is 148 Å². The monoisotopic (exact) mass is 344 g/mol. The number of rotatable bonds is 7. The van der Waals surface area contributed by atoms with Crippen molar-refractivity contribution in [3.63, 3.8) is 0 Å². The fraction of sp³-hybridized carbons (Fsp3) is 0.350. The Bertz CT molecular complexity index is 714. The maximum Gasteiger partial charge on any atom is 0.238 e. The molecule has 2 N–H and O–H groups in total. The van der Waals surface area contributed by atoms with Crippen LogP contribution in [0.2, 0.25) is 0 Å². The zero-order valence-electron chi connectivity index (χ0n) is 15.1. The zero-order chi connectivity index (χ0) is 18.4. The molecule has 4 nitrogen and oxygen atoms in total. The van der Waals surface area contributed by atoms with Gasteiger partial charge in [-0.1, -0.05) is 32.0 Å². The minimum Gasteiger partial charge on any atom is -0.495 e. The molecule has 0 heterocycles. The van der Waals surface area contributed by atoms with E-state index in [2.05, 4.69) is 24.5 Å². The van der Waals surface area contributed by atoms with Crippen molar-refractivity contribution >= 4 is 11.6 Å². The summed E-state index contributed by atoms with van der Waals surface area (Å²) in [7, 11) is 1.57. The number of carbonyl (C=O) groups excluding carboxylic acids is 1. The predicted octanol–water partition coefficient (Wildman–Crippen LogP) is 4.07. The molecule has 134 valence electrons. The third-order valence-electron chi connectivity index (χ3n) is 4.01. The molecule has 0 fully saturated rings. The van der Waals surface area contributed by atoms with Gasteiger partial charge in [0.1, 0.15) is 11.6 Å². The van der Waals surface area contributed by atoms with Crippen LogP contribution in [0.15, 0.2) is 42.5 Å². The van der Waals surface area contributed by atoms with E-state index >= 15 is 0 Å². The van der Waals surface area contributed by atoms with Gasteiger partial charge in [0.25, 0.3) is 0 Å². The van der Waals surface area contributed by atoms with Crippen LogP contribution in [0.1, 0.15) is 31.0 Å². The van der Waals surface area contributed by atoms with Crippen molar-refractivity contribution in [2.45, 2.75) is 26.8 Å². The van der Waals surface area contributed by atoms with Gasteiger partial charge in [0, 0.05) is 6.04 Å². The highest BCUT2D eigenvalue weighted by molar-refractivity contribution is 5.93. The first-order valence-corrected chi connectivity index (χ1v) is 8.34. The number of halogens is 1. The molecule has 0 unspecified atom stereocenters. The summed E-state index contributed by atoms with van der Waals surface area (Å²) >= 11 is 0. The molecule has 1 amide bonds. The molecule has 0 aliphatic rings. The largest absolute Gasteiger partial charge is 0.495 e. The molecule has 0 aliphatic heterocycles. The molecular weight excluding hydrogens is 319 g/mol. The first-order valence-electron chi connectivity index (χ1n) is 8.34. The maximum absolute atomic E-state index is 13.1. The lowest BCUT2D eigenvalue weighted by atomic mass is 9.96. The standard InChI is InChI=1S/C20H25FN2O2/c1-13(2)20(15-6-8-16(21)9-7-15)22-12-19(24)23-17-11-14(3)5-10-18(17)25-4/h5-11,13,20,22H,12H2,1-4H3,(H,23,24)/t20-/m0/s1. The quantitative estimate of drug-likeness (QED) is 0.796. The second-order valence-electron chi connectivity index (χ2n) is 6.41. The number of amides is 1. The van der Waals surface area contributed by atoms with E-state index in [0.717, 1.165) is 11.1 Å². The summed E-state index contributed by atoms with van der Waals surface area (Å²) < 4.78 is 18.4. The highest BCUT2D eigenvalue weighted by Gasteiger charge is 2.17. The van der Waals surface area contributed by atoms with Gasteiger partial charge in [-0.15, -0.1) is 0 Å². The second kappa shape index (κ2) is 8.62. The highest BCUT2D eigenvalue weighted by Crippen LogP contribution is 2.25. The Hall–Kier alpha value is -2.40. The molecule has 2 aromatic carbocycles. The molecule has 0 spiro atoms. The SMILES string of the molecule is COc1ccc(C)cc1NC(=O)CN[C@H](c1ccc(F)cc1)C(C)C. The number of anilines is 1. The number of methoxy groups -OCH3 is 1. The van der Waals surface area contributed by atoms with Gasteiger partial charge in [-0.25, -0.2) is 4.39 Å². The molecule has 0 saturated heterocycles. The Kier molecular flexibility index (Phi) is 6.53. The summed E-state index contributed by atoms with van der Waals surface area (Å²) in [5.41, 5.74) is 2.64. The molecular formula is C20H25FN2O2. The van der Waals surface area contributed by atoms with E-state index < -0.39 is 0 Å². The van der Waals surface area contributed by atoms with Crippen LogP contribution in [-0.4, -0.2) is 19.6 Å². The summed E-state index contributed by atoms with van der Waals surface area (Å²) in [6, 6.07) is 11.9. The third kappa shape index (κ3) is 5.29. The van der Waals surface area contributed by atoms with Crippen molar-refractivity contribution < 1.29 is 13.9 Å². The van der Waals surface area contributed by atoms with Gasteiger partial charge in [-0.3, -0.25) is 4.79 Å². The fourth-order valence-corrected chi connectivity index (χ4v) is 2.73. The summed E-state index contributed by atoms with van der Waals surface area (Å²) in [6.07, 6.45) is 0. The van der Waals surface area contributed by atoms with E-state index in [9.17, 15) is 9.18 Å². The number of aryl methyl sites for hydroxylation is 1. The summed E-state index contributed by atoms with van der Waals surface area (Å²) in [5.74, 6) is 0.455. The van der Waals surface area contributed by atoms with Crippen LogP contribution in [0.25, 0.3) is 0 Å². The highest BCUT2D eigenvalue weighted by atomic mass is 19.1. The number of benzene rings is 2. The Morgan fingerprint density at radius 3 is 2.44 bits per heavy atom. The van der Waals surface area contributed by atoms with Gasteiger partial charge in [-0.05, 0) is 48.2 Å². The van der Waals surface area contributed by atoms with Crippen LogP contribution in [0.3, 0.4) is 0 Å². The Morgan fingerprint density at radius 2 is 1.84 bits per heavy atom. The van der Waals surface area contributed by atoms with Crippen LogP contribution >= 0.6 is 0 Å². The first-order chi connectivity index (χ1) is 11.9. The molecule has 2 rings (SSSR count). The van der Waals surface area contributed by atoms with E-state index in [1.807, 2.05) is 25.1 Å². The lowest BCUT2D eigenvalue weighted by Gasteiger charge is -2.23. The van der Waals surface area contributed by atoms with Crippen molar-refractivity contribution in [3.05, 3.63) is 59.4 Å². The van der Waals surface area contributed by atoms with Gasteiger partial charge in [0.2, 0.25) is 5.91 Å². The molecule has 0 aliphatic carbocycles. The van der Waals surface area contributed by atoms with E-state index in [-0.39, 0.29) is 30.2 Å². The van der Waals surface area contributed by atoms with Gasteiger partial charge in [0.15, 0.2) is 0 Å². The summed E-state index contributed by atoms with van der Waals surface area (Å²) in [4.78, 5) is 12.3. The molecule has 5 heteroatoms. The number of hydrogen-bond acceptors (Lipinski definition) is 3. The van der Waals surface area contributed by atoms with Crippen LogP contribution in [-0.2, 0) is 4.79 Å². The molecule has 0 aromatic heterocycles. The van der Waals surface area contributed by atoms with Gasteiger partial charge in [-0.2, -0.15) is 0 Å². The first kappa shape index (κ1) is 18.9. The number of nitrogens with one attached hydrogen (secondary N) is 2.